The minimum atomic E-state index is -3.82. The van der Waals surface area contributed by atoms with Gasteiger partial charge in [0.05, 0.1) is 4.90 Å². The lowest BCUT2D eigenvalue weighted by Gasteiger charge is -2.07. The van der Waals surface area contributed by atoms with E-state index in [-0.39, 0.29) is 16.8 Å². The normalized spacial score (nSPS) is 22.1. The van der Waals surface area contributed by atoms with Crippen LogP contribution in [-0.4, -0.2) is 20.4 Å². The van der Waals surface area contributed by atoms with E-state index in [2.05, 4.69) is 12.2 Å². The van der Waals surface area contributed by atoms with Crippen molar-refractivity contribution in [2.75, 3.05) is 0 Å². The average Bonchev–Trinajstić information content (AvgIpc) is 3.05. The third-order valence-electron chi connectivity index (χ3n) is 3.36. The zero-order valence-electron chi connectivity index (χ0n) is 10.8. The van der Waals surface area contributed by atoms with Gasteiger partial charge in [0.15, 0.2) is 0 Å². The number of amides is 1. The lowest BCUT2D eigenvalue weighted by molar-refractivity contribution is 0.0948. The number of aryl methyl sites for hydroxylation is 1. The quantitative estimate of drug-likeness (QED) is 0.869. The molecule has 0 radical (unpaired) electrons. The topological polar surface area (TPSA) is 63.2 Å². The summed E-state index contributed by atoms with van der Waals surface area (Å²) in [6.07, 6.45) is 2.04. The van der Waals surface area contributed by atoms with Gasteiger partial charge in [0.1, 0.15) is 0 Å². The van der Waals surface area contributed by atoms with Crippen molar-refractivity contribution in [2.45, 2.75) is 37.6 Å². The van der Waals surface area contributed by atoms with E-state index in [9.17, 15) is 13.2 Å². The van der Waals surface area contributed by atoms with E-state index in [1.165, 1.54) is 12.1 Å². The van der Waals surface area contributed by atoms with Crippen molar-refractivity contribution in [3.05, 3.63) is 29.3 Å². The van der Waals surface area contributed by atoms with Gasteiger partial charge in [-0.25, -0.2) is 8.42 Å². The average molecular weight is 302 g/mol. The van der Waals surface area contributed by atoms with Crippen LogP contribution in [0.2, 0.25) is 0 Å². The molecule has 0 aliphatic heterocycles. The van der Waals surface area contributed by atoms with Gasteiger partial charge in [0.2, 0.25) is 0 Å². The van der Waals surface area contributed by atoms with Gasteiger partial charge >= 0.3 is 0 Å². The van der Waals surface area contributed by atoms with Gasteiger partial charge < -0.3 is 5.32 Å². The largest absolute Gasteiger partial charge is 0.349 e. The Morgan fingerprint density at radius 3 is 2.63 bits per heavy atom. The molecular formula is C13H16ClNO3S. The highest BCUT2D eigenvalue weighted by Gasteiger charge is 2.36. The van der Waals surface area contributed by atoms with Gasteiger partial charge in [0.25, 0.3) is 15.0 Å². The summed E-state index contributed by atoms with van der Waals surface area (Å²) < 4.78 is 22.7. The van der Waals surface area contributed by atoms with E-state index in [1.54, 1.807) is 13.0 Å². The third kappa shape index (κ3) is 3.48. The minimum Gasteiger partial charge on any atom is -0.349 e. The highest BCUT2D eigenvalue weighted by Crippen LogP contribution is 2.33. The van der Waals surface area contributed by atoms with Gasteiger partial charge in [-0.15, -0.1) is 0 Å². The maximum atomic E-state index is 12.0. The Hall–Kier alpha value is -1.07. The standard InChI is InChI=1S/C13H16ClNO3S/c1-3-9-7-12(9)15-13(16)10-4-8(2)5-11(6-10)19(14,17)18/h4-6,9,12H,3,7H2,1-2H3,(H,15,16). The summed E-state index contributed by atoms with van der Waals surface area (Å²) in [6, 6.07) is 4.64. The fraction of sp³-hybridized carbons (Fsp3) is 0.462. The summed E-state index contributed by atoms with van der Waals surface area (Å²) in [7, 11) is 1.49. The van der Waals surface area contributed by atoms with Gasteiger partial charge in [-0.05, 0) is 43.0 Å². The molecule has 0 aromatic heterocycles. The Labute approximate surface area is 117 Å². The monoisotopic (exact) mass is 301 g/mol. The van der Waals surface area contributed by atoms with E-state index < -0.39 is 9.05 Å². The van der Waals surface area contributed by atoms with Gasteiger partial charge in [-0.2, -0.15) is 0 Å². The molecule has 1 aromatic carbocycles. The molecule has 0 saturated heterocycles. The van der Waals surface area contributed by atoms with E-state index in [0.717, 1.165) is 12.8 Å². The zero-order chi connectivity index (χ0) is 14.2. The van der Waals surface area contributed by atoms with Crippen LogP contribution < -0.4 is 5.32 Å². The molecule has 6 heteroatoms. The summed E-state index contributed by atoms with van der Waals surface area (Å²) >= 11 is 0. The Morgan fingerprint density at radius 2 is 2.11 bits per heavy atom. The number of hydrogen-bond donors (Lipinski definition) is 1. The van der Waals surface area contributed by atoms with Crippen LogP contribution >= 0.6 is 10.7 Å². The maximum Gasteiger partial charge on any atom is 0.261 e. The van der Waals surface area contributed by atoms with E-state index in [4.69, 9.17) is 10.7 Å². The molecular weight excluding hydrogens is 286 g/mol. The van der Waals surface area contributed by atoms with Crippen molar-refractivity contribution in [3.63, 3.8) is 0 Å². The fourth-order valence-electron chi connectivity index (χ4n) is 2.15. The summed E-state index contributed by atoms with van der Waals surface area (Å²) in [5, 5.41) is 2.90. The van der Waals surface area contributed by atoms with Crippen LogP contribution in [0.5, 0.6) is 0 Å². The predicted octanol–water partition coefficient (Wildman–Crippen LogP) is 2.45. The van der Waals surface area contributed by atoms with Crippen molar-refractivity contribution in [3.8, 4) is 0 Å². The van der Waals surface area contributed by atoms with Crippen molar-refractivity contribution < 1.29 is 13.2 Å². The molecule has 1 aliphatic rings. The van der Waals surface area contributed by atoms with E-state index >= 15 is 0 Å². The number of nitrogens with one attached hydrogen (secondary N) is 1. The first-order valence-corrected chi connectivity index (χ1v) is 8.49. The second-order valence-corrected chi connectivity index (χ2v) is 7.52. The Bertz CT molecular complexity index is 612. The molecule has 2 rings (SSSR count). The lowest BCUT2D eigenvalue weighted by Crippen LogP contribution is -2.27. The molecule has 0 bridgehead atoms. The van der Waals surface area contributed by atoms with Crippen LogP contribution in [0, 0.1) is 12.8 Å². The molecule has 104 valence electrons. The van der Waals surface area contributed by atoms with Crippen LogP contribution in [0.4, 0.5) is 0 Å². The van der Waals surface area contributed by atoms with Crippen LogP contribution in [0.25, 0.3) is 0 Å². The Kier molecular flexibility index (Phi) is 3.87. The molecule has 1 N–H and O–H groups in total. The van der Waals surface area contributed by atoms with Crippen LogP contribution in [0.1, 0.15) is 35.7 Å². The first-order valence-electron chi connectivity index (χ1n) is 6.18. The molecule has 0 heterocycles. The molecule has 19 heavy (non-hydrogen) atoms. The van der Waals surface area contributed by atoms with Crippen molar-refractivity contribution in [2.24, 2.45) is 5.92 Å². The second-order valence-electron chi connectivity index (χ2n) is 4.96. The Balaban J connectivity index is 2.20. The number of carbonyl (C=O) groups excluding carboxylic acids is 1. The number of rotatable bonds is 4. The van der Waals surface area contributed by atoms with Gasteiger partial charge in [-0.1, -0.05) is 13.3 Å². The Morgan fingerprint density at radius 1 is 1.42 bits per heavy atom. The zero-order valence-corrected chi connectivity index (χ0v) is 12.4. The molecule has 1 fully saturated rings. The summed E-state index contributed by atoms with van der Waals surface area (Å²) in [5.41, 5.74) is 1.02. The van der Waals surface area contributed by atoms with E-state index in [0.29, 0.717) is 17.0 Å². The van der Waals surface area contributed by atoms with Gasteiger partial charge in [-0.3, -0.25) is 4.79 Å². The van der Waals surface area contributed by atoms with Crippen LogP contribution in [0.3, 0.4) is 0 Å². The lowest BCUT2D eigenvalue weighted by atomic mass is 10.1. The molecule has 1 saturated carbocycles. The maximum absolute atomic E-state index is 12.0. The number of halogens is 1. The summed E-state index contributed by atoms with van der Waals surface area (Å²) in [4.78, 5) is 12.0. The molecule has 2 atom stereocenters. The van der Waals surface area contributed by atoms with Gasteiger partial charge in [0, 0.05) is 22.3 Å². The smallest absolute Gasteiger partial charge is 0.261 e. The third-order valence-corrected chi connectivity index (χ3v) is 4.69. The molecule has 1 aliphatic carbocycles. The summed E-state index contributed by atoms with van der Waals surface area (Å²) in [6.45, 7) is 3.82. The van der Waals surface area contributed by atoms with Crippen LogP contribution in [0.15, 0.2) is 23.1 Å². The van der Waals surface area contributed by atoms with Crippen molar-refractivity contribution >= 4 is 25.6 Å². The molecule has 4 nitrogen and oxygen atoms in total. The number of carbonyl (C=O) groups is 1. The highest BCUT2D eigenvalue weighted by molar-refractivity contribution is 8.13. The number of hydrogen-bond acceptors (Lipinski definition) is 3. The van der Waals surface area contributed by atoms with Crippen LogP contribution in [-0.2, 0) is 9.05 Å². The SMILES string of the molecule is CCC1CC1NC(=O)c1cc(C)cc(S(=O)(=O)Cl)c1. The van der Waals surface area contributed by atoms with E-state index in [1.807, 2.05) is 0 Å². The van der Waals surface area contributed by atoms with Crippen molar-refractivity contribution in [1.29, 1.82) is 0 Å². The minimum absolute atomic E-state index is 0.0397. The molecule has 2 unspecified atom stereocenters. The molecule has 0 spiro atoms. The first kappa shape index (κ1) is 14.3. The highest BCUT2D eigenvalue weighted by atomic mass is 35.7. The predicted molar refractivity (Wildman–Crippen MR) is 73.9 cm³/mol. The second kappa shape index (κ2) is 5.13. The fourth-order valence-corrected chi connectivity index (χ4v) is 3.01. The van der Waals surface area contributed by atoms with Crippen molar-refractivity contribution in [1.82, 2.24) is 5.32 Å². The molecule has 1 amide bonds. The molecule has 1 aromatic rings. The summed E-state index contributed by atoms with van der Waals surface area (Å²) in [5.74, 6) is 0.302. The first-order chi connectivity index (χ1) is 8.81. The number of benzene rings is 1.